The first-order valence-corrected chi connectivity index (χ1v) is 5.61. The Morgan fingerprint density at radius 2 is 2.06 bits per heavy atom. The highest BCUT2D eigenvalue weighted by atomic mass is 16.5. The molecule has 0 radical (unpaired) electrons. The molecule has 86 valence electrons. The normalized spacial score (nSPS) is 17.8. The van der Waals surface area contributed by atoms with Crippen LogP contribution in [0.1, 0.15) is 11.3 Å². The fourth-order valence-corrected chi connectivity index (χ4v) is 1.92. The lowest BCUT2D eigenvalue weighted by Crippen LogP contribution is -2.04. The van der Waals surface area contributed by atoms with Crippen molar-refractivity contribution in [3.8, 4) is 0 Å². The number of fused-ring (bicyclic) bond motifs is 1. The average molecular weight is 227 g/mol. The summed E-state index contributed by atoms with van der Waals surface area (Å²) in [7, 11) is 0. The van der Waals surface area contributed by atoms with Crippen LogP contribution in [-0.2, 0) is 17.9 Å². The molecule has 1 aliphatic heterocycles. The van der Waals surface area contributed by atoms with Gasteiger partial charge in [0.15, 0.2) is 0 Å². The van der Waals surface area contributed by atoms with E-state index in [1.54, 1.807) is 6.20 Å². The van der Waals surface area contributed by atoms with Crippen LogP contribution in [0.2, 0.25) is 0 Å². The number of hydrogen-bond acceptors (Lipinski definition) is 3. The number of rotatable bonds is 1. The second kappa shape index (κ2) is 4.51. The minimum Gasteiger partial charge on any atom is -0.371 e. The molecule has 1 aromatic heterocycles. The van der Waals surface area contributed by atoms with E-state index >= 15 is 0 Å². The van der Waals surface area contributed by atoms with Gasteiger partial charge < -0.3 is 4.74 Å². The molecule has 3 rings (SSSR count). The van der Waals surface area contributed by atoms with E-state index < -0.39 is 0 Å². The lowest BCUT2D eigenvalue weighted by molar-refractivity contribution is 0.145. The van der Waals surface area contributed by atoms with E-state index in [1.165, 1.54) is 11.1 Å². The number of nitrogens with zero attached hydrogens (tertiary/aromatic N) is 3. The van der Waals surface area contributed by atoms with E-state index in [4.69, 9.17) is 4.74 Å². The van der Waals surface area contributed by atoms with Gasteiger partial charge in [-0.15, -0.1) is 5.10 Å². The van der Waals surface area contributed by atoms with Gasteiger partial charge in [0.2, 0.25) is 0 Å². The van der Waals surface area contributed by atoms with Crippen molar-refractivity contribution in [1.29, 1.82) is 0 Å². The van der Waals surface area contributed by atoms with E-state index in [1.807, 2.05) is 22.9 Å². The summed E-state index contributed by atoms with van der Waals surface area (Å²) in [6.07, 6.45) is 3.90. The number of ether oxygens (including phenoxy) is 1. The van der Waals surface area contributed by atoms with E-state index in [0.717, 1.165) is 12.2 Å². The smallest absolute Gasteiger partial charge is 0.0905 e. The molecule has 0 amide bonds. The summed E-state index contributed by atoms with van der Waals surface area (Å²) in [4.78, 5) is 0. The quantitative estimate of drug-likeness (QED) is 0.747. The van der Waals surface area contributed by atoms with Crippen LogP contribution < -0.4 is 0 Å². The molecular weight excluding hydrogens is 214 g/mol. The van der Waals surface area contributed by atoms with Gasteiger partial charge in [-0.3, -0.25) is 0 Å². The fourth-order valence-electron chi connectivity index (χ4n) is 1.92. The molecule has 1 aliphatic rings. The molecular formula is C13H13N3O. The summed E-state index contributed by atoms with van der Waals surface area (Å²) < 4.78 is 7.49. The van der Waals surface area contributed by atoms with E-state index in [-0.39, 0.29) is 0 Å². The molecule has 0 aliphatic carbocycles. The predicted molar refractivity (Wildman–Crippen MR) is 64.1 cm³/mol. The first-order valence-electron chi connectivity index (χ1n) is 5.61. The molecule has 0 unspecified atom stereocenters. The summed E-state index contributed by atoms with van der Waals surface area (Å²) in [5.41, 5.74) is 3.43. The standard InChI is InChI=1S/C13H13N3O/c1-2-4-11(5-3-1)6-12-8-16-13(7-14-15-16)10-17-9-12/h1-7H,8-10H2/b12-6+. The van der Waals surface area contributed by atoms with Crippen molar-refractivity contribution in [2.75, 3.05) is 6.61 Å². The van der Waals surface area contributed by atoms with Crippen molar-refractivity contribution in [3.05, 3.63) is 53.4 Å². The van der Waals surface area contributed by atoms with Crippen LogP contribution in [0.3, 0.4) is 0 Å². The highest BCUT2D eigenvalue weighted by Crippen LogP contribution is 2.14. The van der Waals surface area contributed by atoms with Gasteiger partial charge in [-0.2, -0.15) is 0 Å². The summed E-state index contributed by atoms with van der Waals surface area (Å²) in [5, 5.41) is 7.95. The van der Waals surface area contributed by atoms with Crippen molar-refractivity contribution < 1.29 is 4.74 Å². The molecule has 0 saturated heterocycles. The molecule has 0 spiro atoms. The Hall–Kier alpha value is -1.94. The molecule has 0 atom stereocenters. The van der Waals surface area contributed by atoms with Gasteiger partial charge in [-0.05, 0) is 11.1 Å². The van der Waals surface area contributed by atoms with Crippen LogP contribution in [0.5, 0.6) is 0 Å². The molecule has 0 fully saturated rings. The number of aromatic nitrogens is 3. The Kier molecular flexibility index (Phi) is 2.71. The monoisotopic (exact) mass is 227 g/mol. The van der Waals surface area contributed by atoms with Gasteiger partial charge in [0.25, 0.3) is 0 Å². The minimum absolute atomic E-state index is 0.582. The molecule has 2 aromatic rings. The maximum Gasteiger partial charge on any atom is 0.0905 e. The molecule has 4 nitrogen and oxygen atoms in total. The first-order chi connectivity index (χ1) is 8.42. The van der Waals surface area contributed by atoms with Crippen LogP contribution in [0.15, 0.2) is 42.1 Å². The van der Waals surface area contributed by atoms with Gasteiger partial charge in [0.1, 0.15) is 0 Å². The molecule has 17 heavy (non-hydrogen) atoms. The van der Waals surface area contributed by atoms with Crippen molar-refractivity contribution in [2.24, 2.45) is 0 Å². The Morgan fingerprint density at radius 3 is 2.94 bits per heavy atom. The Labute approximate surface area is 99.5 Å². The van der Waals surface area contributed by atoms with Gasteiger partial charge >= 0.3 is 0 Å². The van der Waals surface area contributed by atoms with E-state index in [2.05, 4.69) is 28.5 Å². The van der Waals surface area contributed by atoms with Crippen molar-refractivity contribution >= 4 is 6.08 Å². The van der Waals surface area contributed by atoms with Crippen molar-refractivity contribution in [3.63, 3.8) is 0 Å². The van der Waals surface area contributed by atoms with Crippen LogP contribution >= 0.6 is 0 Å². The van der Waals surface area contributed by atoms with Crippen molar-refractivity contribution in [1.82, 2.24) is 15.0 Å². The number of hydrogen-bond donors (Lipinski definition) is 0. The molecule has 0 N–H and O–H groups in total. The fraction of sp³-hybridized carbons (Fsp3) is 0.231. The van der Waals surface area contributed by atoms with E-state index in [9.17, 15) is 0 Å². The second-order valence-corrected chi connectivity index (χ2v) is 4.09. The largest absolute Gasteiger partial charge is 0.371 e. The highest BCUT2D eigenvalue weighted by molar-refractivity contribution is 5.52. The molecule has 2 heterocycles. The maximum absolute atomic E-state index is 5.59. The first kappa shape index (κ1) is 10.2. The lowest BCUT2D eigenvalue weighted by Gasteiger charge is -2.03. The molecule has 0 saturated carbocycles. The predicted octanol–water partition coefficient (Wildman–Crippen LogP) is 1.89. The average Bonchev–Trinajstić information content (AvgIpc) is 2.70. The summed E-state index contributed by atoms with van der Waals surface area (Å²) in [6.45, 7) is 1.99. The van der Waals surface area contributed by atoms with Crippen LogP contribution in [0.25, 0.3) is 6.08 Å². The van der Waals surface area contributed by atoms with E-state index in [0.29, 0.717) is 13.2 Å². The Morgan fingerprint density at radius 1 is 1.18 bits per heavy atom. The maximum atomic E-state index is 5.59. The third-order valence-corrected chi connectivity index (χ3v) is 2.76. The molecule has 0 bridgehead atoms. The van der Waals surface area contributed by atoms with Gasteiger partial charge in [0.05, 0.1) is 31.6 Å². The van der Waals surface area contributed by atoms with Crippen LogP contribution in [-0.4, -0.2) is 21.6 Å². The SMILES string of the molecule is C(=C1\COCc2cnnn2C1)/c1ccccc1. The lowest BCUT2D eigenvalue weighted by atomic mass is 10.1. The van der Waals surface area contributed by atoms with Gasteiger partial charge in [0, 0.05) is 0 Å². The van der Waals surface area contributed by atoms with Crippen molar-refractivity contribution in [2.45, 2.75) is 13.2 Å². The van der Waals surface area contributed by atoms with Gasteiger partial charge in [-0.1, -0.05) is 41.6 Å². The van der Waals surface area contributed by atoms with Gasteiger partial charge in [-0.25, -0.2) is 4.68 Å². The minimum atomic E-state index is 0.582. The summed E-state index contributed by atoms with van der Waals surface area (Å²) in [5.74, 6) is 0. The Bertz CT molecular complexity index is 531. The summed E-state index contributed by atoms with van der Waals surface area (Å²) in [6, 6.07) is 10.2. The number of benzene rings is 1. The van der Waals surface area contributed by atoms with Crippen LogP contribution in [0.4, 0.5) is 0 Å². The second-order valence-electron chi connectivity index (χ2n) is 4.09. The third-order valence-electron chi connectivity index (χ3n) is 2.76. The zero-order chi connectivity index (χ0) is 11.5. The Balaban J connectivity index is 1.88. The zero-order valence-electron chi connectivity index (χ0n) is 9.41. The highest BCUT2D eigenvalue weighted by Gasteiger charge is 2.11. The third kappa shape index (κ3) is 2.26. The molecule has 1 aromatic carbocycles. The van der Waals surface area contributed by atoms with Crippen LogP contribution in [0, 0.1) is 0 Å². The zero-order valence-corrected chi connectivity index (χ0v) is 9.41. The topological polar surface area (TPSA) is 39.9 Å². The summed E-state index contributed by atoms with van der Waals surface area (Å²) >= 11 is 0. The molecule has 4 heteroatoms.